The van der Waals surface area contributed by atoms with Crippen LogP contribution in [0.15, 0.2) is 34.3 Å². The van der Waals surface area contributed by atoms with E-state index in [9.17, 15) is 18.0 Å². The van der Waals surface area contributed by atoms with Crippen LogP contribution < -0.4 is 4.83 Å². The van der Waals surface area contributed by atoms with E-state index in [1.807, 2.05) is 13.8 Å². The fraction of sp³-hybridized carbons (Fsp3) is 0.654. The molecule has 0 aliphatic heterocycles. The summed E-state index contributed by atoms with van der Waals surface area (Å²) in [6.45, 7) is 11.1. The summed E-state index contributed by atoms with van der Waals surface area (Å²) in [5.41, 5.74) is 0.453. The van der Waals surface area contributed by atoms with Crippen LogP contribution in [0.3, 0.4) is 0 Å². The Labute approximate surface area is 207 Å². The number of rotatable bonds is 6. The van der Waals surface area contributed by atoms with Gasteiger partial charge in [0.25, 0.3) is 10.0 Å². The minimum atomic E-state index is -3.88. The molecule has 3 aliphatic carbocycles. The van der Waals surface area contributed by atoms with Crippen LogP contribution in [0.2, 0.25) is 0 Å². The summed E-state index contributed by atoms with van der Waals surface area (Å²) in [6.07, 6.45) is 2.90. The van der Waals surface area contributed by atoms with Crippen LogP contribution in [0.25, 0.3) is 0 Å². The summed E-state index contributed by atoms with van der Waals surface area (Å²) in [5, 5.41) is 4.46. The Morgan fingerprint density at radius 1 is 1.06 bits per heavy atom. The van der Waals surface area contributed by atoms with E-state index in [1.54, 1.807) is 24.3 Å². The first kappa shape index (κ1) is 25.7. The highest BCUT2D eigenvalue weighted by molar-refractivity contribution is 7.89. The van der Waals surface area contributed by atoms with Crippen molar-refractivity contribution in [1.29, 1.82) is 0 Å². The van der Waals surface area contributed by atoms with Crippen molar-refractivity contribution in [2.75, 3.05) is 6.61 Å². The normalized spacial score (nSPS) is 37.1. The van der Waals surface area contributed by atoms with E-state index in [2.05, 4.69) is 23.8 Å². The molecule has 3 fully saturated rings. The molecule has 0 unspecified atom stereocenters. The second-order valence-corrected chi connectivity index (χ2v) is 12.9. The Kier molecular flexibility index (Phi) is 6.31. The number of carbonyl (C=O) groups is 2. The molecule has 1 aromatic carbocycles. The van der Waals surface area contributed by atoms with E-state index in [-0.39, 0.29) is 46.2 Å². The number of aryl methyl sites for hydroxylation is 1. The van der Waals surface area contributed by atoms with Gasteiger partial charge in [-0.25, -0.2) is 4.83 Å². The van der Waals surface area contributed by atoms with Crippen LogP contribution in [-0.2, 0) is 29.1 Å². The molecular weight excluding hydrogens is 468 g/mol. The van der Waals surface area contributed by atoms with Gasteiger partial charge in [0.05, 0.1) is 4.90 Å². The van der Waals surface area contributed by atoms with Gasteiger partial charge >= 0.3 is 11.9 Å². The topological polar surface area (TPSA) is 111 Å². The second-order valence-electron chi connectivity index (χ2n) is 11.2. The van der Waals surface area contributed by atoms with Crippen molar-refractivity contribution in [3.63, 3.8) is 0 Å². The van der Waals surface area contributed by atoms with E-state index in [4.69, 9.17) is 9.47 Å². The lowest BCUT2D eigenvalue weighted by Gasteiger charge is -2.47. The summed E-state index contributed by atoms with van der Waals surface area (Å²) in [6, 6.07) is 6.56. The van der Waals surface area contributed by atoms with Gasteiger partial charge in [0, 0.05) is 36.3 Å². The molecule has 3 saturated carbocycles. The lowest BCUT2D eigenvalue weighted by atomic mass is 9.62. The van der Waals surface area contributed by atoms with Crippen LogP contribution in [0.4, 0.5) is 0 Å². The SMILES string of the molecule is CC(=O)OC[C@@]1(C)/C(=N/NS(=O)(=O)c2ccc(C)cc2)CC[C@]2(C)[C@H]3CC[C@]2(C)[C@H](OC(C)=O)[C@H]31. The van der Waals surface area contributed by atoms with E-state index in [1.165, 1.54) is 13.8 Å². The number of carbonyl (C=O) groups excluding carboxylic acids is 2. The minimum Gasteiger partial charge on any atom is -0.465 e. The first-order chi connectivity index (χ1) is 16.2. The Morgan fingerprint density at radius 3 is 2.31 bits per heavy atom. The largest absolute Gasteiger partial charge is 0.465 e. The lowest BCUT2D eigenvalue weighted by molar-refractivity contribution is -0.164. The molecular formula is C26H36N2O6S. The molecule has 4 rings (SSSR count). The van der Waals surface area contributed by atoms with Crippen LogP contribution >= 0.6 is 0 Å². The number of hydrogen-bond donors (Lipinski definition) is 1. The van der Waals surface area contributed by atoms with Crippen molar-refractivity contribution >= 4 is 27.7 Å². The number of hydrazone groups is 1. The Bertz CT molecular complexity index is 1160. The number of hydrogen-bond acceptors (Lipinski definition) is 7. The smallest absolute Gasteiger partial charge is 0.302 e. The van der Waals surface area contributed by atoms with Crippen molar-refractivity contribution in [2.45, 2.75) is 78.2 Å². The highest BCUT2D eigenvalue weighted by Gasteiger charge is 2.74. The van der Waals surface area contributed by atoms with Gasteiger partial charge in [-0.2, -0.15) is 13.5 Å². The fourth-order valence-electron chi connectivity index (χ4n) is 7.12. The third-order valence-electron chi connectivity index (χ3n) is 9.26. The molecule has 1 aromatic rings. The molecule has 0 heterocycles. The molecule has 0 radical (unpaired) electrons. The van der Waals surface area contributed by atoms with Gasteiger partial charge in [0.2, 0.25) is 0 Å². The predicted molar refractivity (Wildman–Crippen MR) is 131 cm³/mol. The monoisotopic (exact) mass is 504 g/mol. The Morgan fingerprint density at radius 2 is 1.71 bits per heavy atom. The van der Waals surface area contributed by atoms with Crippen LogP contribution in [0.1, 0.15) is 65.9 Å². The molecule has 0 saturated heterocycles. The number of nitrogens with zero attached hydrogens (tertiary/aromatic N) is 1. The van der Waals surface area contributed by atoms with Crippen LogP contribution in [0.5, 0.6) is 0 Å². The highest BCUT2D eigenvalue weighted by atomic mass is 32.2. The maximum Gasteiger partial charge on any atom is 0.302 e. The quantitative estimate of drug-likeness (QED) is 0.463. The molecule has 1 N–H and O–H groups in total. The summed E-state index contributed by atoms with van der Waals surface area (Å²) in [5.74, 6) is -0.681. The summed E-state index contributed by atoms with van der Waals surface area (Å²) in [7, 11) is -3.88. The number of benzene rings is 1. The zero-order chi connectivity index (χ0) is 25.8. The number of nitrogens with one attached hydrogen (secondary N) is 1. The fourth-order valence-corrected chi connectivity index (χ4v) is 7.95. The van der Waals surface area contributed by atoms with E-state index in [0.717, 1.165) is 24.8 Å². The summed E-state index contributed by atoms with van der Waals surface area (Å²) in [4.78, 5) is 26.6. The molecule has 4 bridgehead atoms. The maximum atomic E-state index is 13.0. The summed E-state index contributed by atoms with van der Waals surface area (Å²) >= 11 is 0. The van der Waals surface area contributed by atoms with Crippen molar-refractivity contribution in [2.24, 2.45) is 33.2 Å². The van der Waals surface area contributed by atoms with Gasteiger partial charge in [0.15, 0.2) is 0 Å². The van der Waals surface area contributed by atoms with Gasteiger partial charge in [0.1, 0.15) is 12.7 Å². The van der Waals surface area contributed by atoms with E-state index < -0.39 is 21.4 Å². The highest BCUT2D eigenvalue weighted by Crippen LogP contribution is 2.74. The van der Waals surface area contributed by atoms with E-state index in [0.29, 0.717) is 12.1 Å². The van der Waals surface area contributed by atoms with Crippen molar-refractivity contribution < 1.29 is 27.5 Å². The first-order valence-electron chi connectivity index (χ1n) is 12.2. The maximum absolute atomic E-state index is 13.0. The molecule has 8 nitrogen and oxygen atoms in total. The average Bonchev–Trinajstić information content (AvgIpc) is 3.07. The zero-order valence-corrected chi connectivity index (χ0v) is 22.2. The molecule has 192 valence electrons. The number of ether oxygens (including phenoxy) is 2. The third kappa shape index (κ3) is 4.05. The Balaban J connectivity index is 1.77. The number of sulfonamides is 1. The molecule has 35 heavy (non-hydrogen) atoms. The molecule has 0 aromatic heterocycles. The summed E-state index contributed by atoms with van der Waals surface area (Å²) < 4.78 is 37.5. The van der Waals surface area contributed by atoms with Gasteiger partial charge in [-0.15, -0.1) is 0 Å². The second kappa shape index (κ2) is 8.61. The minimum absolute atomic E-state index is 0.0402. The predicted octanol–water partition coefficient (Wildman–Crippen LogP) is 3.98. The molecule has 0 amide bonds. The molecule has 0 spiro atoms. The van der Waals surface area contributed by atoms with Gasteiger partial charge < -0.3 is 9.47 Å². The van der Waals surface area contributed by atoms with Crippen molar-refractivity contribution in [3.8, 4) is 0 Å². The lowest BCUT2D eigenvalue weighted by Crippen LogP contribution is -2.52. The van der Waals surface area contributed by atoms with Gasteiger partial charge in [-0.1, -0.05) is 38.5 Å². The van der Waals surface area contributed by atoms with Crippen molar-refractivity contribution in [1.82, 2.24) is 4.83 Å². The van der Waals surface area contributed by atoms with Crippen molar-refractivity contribution in [3.05, 3.63) is 29.8 Å². The zero-order valence-electron chi connectivity index (χ0n) is 21.4. The van der Waals surface area contributed by atoms with Gasteiger partial charge in [-0.3, -0.25) is 9.59 Å². The third-order valence-corrected chi connectivity index (χ3v) is 10.5. The standard InChI is InChI=1S/C26H36N2O6S/c1-16-7-9-19(10-8-16)35(31,32)28-27-21-12-14-25(5)20-11-13-26(25,6)23(34-18(3)30)22(20)24(21,4)15-33-17(2)29/h7-10,20,22-23,28H,11-15H2,1-6H3/b27-21+/t20-,22-,23+,24-,25+,26+/m0/s1. The molecule has 3 aliphatic rings. The Hall–Kier alpha value is -2.42. The van der Waals surface area contributed by atoms with E-state index >= 15 is 0 Å². The van der Waals surface area contributed by atoms with Crippen LogP contribution in [-0.4, -0.2) is 38.8 Å². The molecule has 6 atom stereocenters. The first-order valence-corrected chi connectivity index (χ1v) is 13.7. The van der Waals surface area contributed by atoms with Gasteiger partial charge in [-0.05, 0) is 56.1 Å². The average molecular weight is 505 g/mol. The number of esters is 2. The van der Waals surface area contributed by atoms with Crippen LogP contribution in [0, 0.1) is 35.0 Å². The molecule has 9 heteroatoms.